The smallest absolute Gasteiger partial charge is 0.159 e. The molecular formula is C16H17N5. The first-order valence-electron chi connectivity index (χ1n) is 6.98. The monoisotopic (exact) mass is 279 g/mol. The fourth-order valence-electron chi connectivity index (χ4n) is 2.02. The Labute approximate surface area is 123 Å². The van der Waals surface area contributed by atoms with E-state index in [1.165, 1.54) is 0 Å². The molecule has 3 rings (SSSR count). The van der Waals surface area contributed by atoms with Crippen molar-refractivity contribution in [3.8, 4) is 11.4 Å². The molecule has 0 unspecified atom stereocenters. The largest absolute Gasteiger partial charge is 0.310 e. The summed E-state index contributed by atoms with van der Waals surface area (Å²) >= 11 is 0. The third-order valence-corrected chi connectivity index (χ3v) is 3.15. The molecule has 0 atom stereocenters. The highest BCUT2D eigenvalue weighted by molar-refractivity contribution is 5.79. The third kappa shape index (κ3) is 3.20. The Kier molecular flexibility index (Phi) is 3.83. The lowest BCUT2D eigenvalue weighted by Gasteiger charge is -2.08. The fraction of sp³-hybridized carbons (Fsp3) is 0.250. The molecular weight excluding hydrogens is 262 g/mol. The second kappa shape index (κ2) is 5.93. The summed E-state index contributed by atoms with van der Waals surface area (Å²) in [4.78, 5) is 17.4. The van der Waals surface area contributed by atoms with E-state index in [0.717, 1.165) is 28.7 Å². The summed E-state index contributed by atoms with van der Waals surface area (Å²) in [7, 11) is 0. The number of hydrogen-bond acceptors (Lipinski definition) is 5. The van der Waals surface area contributed by atoms with Gasteiger partial charge in [0, 0.05) is 48.5 Å². The molecule has 21 heavy (non-hydrogen) atoms. The van der Waals surface area contributed by atoms with Crippen LogP contribution in [-0.4, -0.2) is 26.0 Å². The Bertz CT molecular complexity index is 737. The minimum Gasteiger partial charge on any atom is -0.310 e. The number of rotatable bonds is 4. The van der Waals surface area contributed by atoms with Gasteiger partial charge < -0.3 is 5.32 Å². The van der Waals surface area contributed by atoms with Crippen LogP contribution in [0.1, 0.15) is 19.4 Å². The molecule has 3 aromatic rings. The molecule has 0 aliphatic heterocycles. The summed E-state index contributed by atoms with van der Waals surface area (Å²) in [5, 5.41) is 3.35. The van der Waals surface area contributed by atoms with Crippen molar-refractivity contribution in [2.45, 2.75) is 26.4 Å². The molecule has 5 heteroatoms. The van der Waals surface area contributed by atoms with Crippen LogP contribution >= 0.6 is 0 Å². The number of benzene rings is 1. The molecule has 1 N–H and O–H groups in total. The molecule has 2 aromatic heterocycles. The van der Waals surface area contributed by atoms with Crippen molar-refractivity contribution in [3.63, 3.8) is 0 Å². The number of nitrogens with zero attached hydrogens (tertiary/aromatic N) is 4. The number of nitrogens with one attached hydrogen (secondary N) is 1. The topological polar surface area (TPSA) is 63.6 Å². The average molecular weight is 279 g/mol. The highest BCUT2D eigenvalue weighted by Crippen LogP contribution is 2.18. The van der Waals surface area contributed by atoms with Crippen molar-refractivity contribution >= 4 is 11.0 Å². The van der Waals surface area contributed by atoms with Gasteiger partial charge in [0.2, 0.25) is 0 Å². The van der Waals surface area contributed by atoms with Gasteiger partial charge in [0.25, 0.3) is 0 Å². The normalized spacial score (nSPS) is 11.2. The van der Waals surface area contributed by atoms with E-state index >= 15 is 0 Å². The summed E-state index contributed by atoms with van der Waals surface area (Å²) in [5.74, 6) is 0.704. The van der Waals surface area contributed by atoms with E-state index in [9.17, 15) is 0 Å². The first kappa shape index (κ1) is 13.6. The van der Waals surface area contributed by atoms with E-state index in [1.807, 2.05) is 30.6 Å². The van der Waals surface area contributed by atoms with Crippen molar-refractivity contribution in [2.75, 3.05) is 0 Å². The lowest BCUT2D eigenvalue weighted by atomic mass is 10.2. The maximum absolute atomic E-state index is 4.43. The minimum absolute atomic E-state index is 0.448. The second-order valence-corrected chi connectivity index (χ2v) is 5.21. The molecule has 0 amide bonds. The van der Waals surface area contributed by atoms with E-state index in [1.54, 1.807) is 12.4 Å². The Morgan fingerprint density at radius 1 is 0.952 bits per heavy atom. The van der Waals surface area contributed by atoms with Crippen LogP contribution in [0.3, 0.4) is 0 Å². The first-order chi connectivity index (χ1) is 10.2. The van der Waals surface area contributed by atoms with E-state index in [0.29, 0.717) is 11.9 Å². The molecule has 0 aliphatic carbocycles. The maximum Gasteiger partial charge on any atom is 0.159 e. The summed E-state index contributed by atoms with van der Waals surface area (Å²) < 4.78 is 0. The number of aromatic nitrogens is 4. The SMILES string of the molecule is CC(C)NCc1cnc(-c2ccc3nccnc3c2)nc1. The third-order valence-electron chi connectivity index (χ3n) is 3.15. The Hall–Kier alpha value is -2.40. The van der Waals surface area contributed by atoms with Gasteiger partial charge in [-0.2, -0.15) is 0 Å². The molecule has 0 fully saturated rings. The van der Waals surface area contributed by atoms with Gasteiger partial charge in [-0.25, -0.2) is 9.97 Å². The first-order valence-corrected chi connectivity index (χ1v) is 6.98. The summed E-state index contributed by atoms with van der Waals surface area (Å²) in [5.41, 5.74) is 3.75. The standard InChI is InChI=1S/C16H17N5/c1-11(2)19-8-12-9-20-16(21-10-12)13-3-4-14-15(7-13)18-6-5-17-14/h3-7,9-11,19H,8H2,1-2H3. The quantitative estimate of drug-likeness (QED) is 0.795. The van der Waals surface area contributed by atoms with Crippen LogP contribution < -0.4 is 5.32 Å². The van der Waals surface area contributed by atoms with Crippen molar-refractivity contribution < 1.29 is 0 Å². The molecule has 0 bridgehead atoms. The number of hydrogen-bond donors (Lipinski definition) is 1. The molecule has 1 aromatic carbocycles. The fourth-order valence-corrected chi connectivity index (χ4v) is 2.02. The van der Waals surface area contributed by atoms with Crippen LogP contribution in [0.25, 0.3) is 22.4 Å². The molecule has 0 aliphatic rings. The van der Waals surface area contributed by atoms with Crippen LogP contribution in [0, 0.1) is 0 Å². The van der Waals surface area contributed by atoms with Crippen LogP contribution in [0.2, 0.25) is 0 Å². The Balaban J connectivity index is 1.85. The summed E-state index contributed by atoms with van der Waals surface area (Å²) in [6, 6.07) is 6.32. The van der Waals surface area contributed by atoms with Gasteiger partial charge in [0.1, 0.15) is 0 Å². The molecule has 0 radical (unpaired) electrons. The maximum atomic E-state index is 4.43. The highest BCUT2D eigenvalue weighted by atomic mass is 14.9. The van der Waals surface area contributed by atoms with Crippen LogP contribution in [0.4, 0.5) is 0 Å². The van der Waals surface area contributed by atoms with Crippen LogP contribution in [-0.2, 0) is 6.54 Å². The van der Waals surface area contributed by atoms with Gasteiger partial charge in [0.05, 0.1) is 11.0 Å². The van der Waals surface area contributed by atoms with Crippen molar-refractivity contribution in [1.29, 1.82) is 0 Å². The molecule has 0 spiro atoms. The summed E-state index contributed by atoms with van der Waals surface area (Å²) in [6.07, 6.45) is 7.10. The zero-order valence-electron chi connectivity index (χ0n) is 12.1. The lowest BCUT2D eigenvalue weighted by Crippen LogP contribution is -2.21. The average Bonchev–Trinajstić information content (AvgIpc) is 2.53. The van der Waals surface area contributed by atoms with Crippen molar-refractivity contribution in [1.82, 2.24) is 25.3 Å². The van der Waals surface area contributed by atoms with Gasteiger partial charge in [-0.05, 0) is 18.2 Å². The predicted octanol–water partition coefficient (Wildman–Crippen LogP) is 2.58. The molecule has 0 saturated carbocycles. The highest BCUT2D eigenvalue weighted by Gasteiger charge is 2.04. The van der Waals surface area contributed by atoms with Gasteiger partial charge >= 0.3 is 0 Å². The van der Waals surface area contributed by atoms with E-state index in [-0.39, 0.29) is 0 Å². The van der Waals surface area contributed by atoms with Gasteiger partial charge in [-0.1, -0.05) is 13.8 Å². The minimum atomic E-state index is 0.448. The molecule has 0 saturated heterocycles. The molecule has 2 heterocycles. The number of fused-ring (bicyclic) bond motifs is 1. The van der Waals surface area contributed by atoms with E-state index in [2.05, 4.69) is 39.1 Å². The van der Waals surface area contributed by atoms with Gasteiger partial charge in [-0.15, -0.1) is 0 Å². The zero-order valence-corrected chi connectivity index (χ0v) is 12.1. The van der Waals surface area contributed by atoms with Gasteiger partial charge in [0.15, 0.2) is 5.82 Å². The van der Waals surface area contributed by atoms with E-state index in [4.69, 9.17) is 0 Å². The predicted molar refractivity (Wildman–Crippen MR) is 82.5 cm³/mol. The second-order valence-electron chi connectivity index (χ2n) is 5.21. The van der Waals surface area contributed by atoms with E-state index < -0.39 is 0 Å². The Morgan fingerprint density at radius 3 is 2.38 bits per heavy atom. The molecule has 5 nitrogen and oxygen atoms in total. The van der Waals surface area contributed by atoms with Crippen molar-refractivity contribution in [3.05, 3.63) is 48.5 Å². The Morgan fingerprint density at radius 2 is 1.67 bits per heavy atom. The summed E-state index contributed by atoms with van der Waals surface area (Å²) in [6.45, 7) is 5.01. The lowest BCUT2D eigenvalue weighted by molar-refractivity contribution is 0.587. The van der Waals surface area contributed by atoms with Crippen molar-refractivity contribution in [2.24, 2.45) is 0 Å². The van der Waals surface area contributed by atoms with Crippen LogP contribution in [0.15, 0.2) is 43.0 Å². The van der Waals surface area contributed by atoms with Crippen LogP contribution in [0.5, 0.6) is 0 Å². The zero-order chi connectivity index (χ0) is 14.7. The van der Waals surface area contributed by atoms with Gasteiger partial charge in [-0.3, -0.25) is 9.97 Å². The molecule has 106 valence electrons.